The molecule has 0 heterocycles. The zero-order valence-electron chi connectivity index (χ0n) is 6.67. The molecule has 0 amide bonds. The maximum Gasteiger partial charge on any atom is 0.337 e. The Hall–Kier alpha value is -0.290. The monoisotopic (exact) mass is 298 g/mol. The molecule has 0 aliphatic heterocycles. The molecule has 6 heteroatoms. The Labute approximate surface area is 98.4 Å². The Balaban J connectivity index is 3.26. The number of carbonyl (C=O) groups is 1. The Morgan fingerprint density at radius 1 is 1.43 bits per heavy atom. The van der Waals surface area contributed by atoms with E-state index in [1.54, 1.807) is 0 Å². The maximum atomic E-state index is 10.5. The van der Waals surface area contributed by atoms with Crippen LogP contribution in [0.3, 0.4) is 0 Å². The van der Waals surface area contributed by atoms with Gasteiger partial charge in [0.2, 0.25) is 0 Å². The highest BCUT2D eigenvalue weighted by Crippen LogP contribution is 2.33. The average molecular weight is 300 g/mol. The summed E-state index contributed by atoms with van der Waals surface area (Å²) >= 11 is 14.5. The number of aliphatic hydroxyl groups is 1. The molecule has 1 atom stereocenters. The second-order valence-corrected chi connectivity index (χ2v) is 4.17. The first-order valence-corrected chi connectivity index (χ1v) is 5.03. The van der Waals surface area contributed by atoms with Gasteiger partial charge in [-0.05, 0) is 28.1 Å². The van der Waals surface area contributed by atoms with Gasteiger partial charge in [0.05, 0.1) is 5.02 Å². The molecule has 1 aromatic rings. The molecule has 2 N–H and O–H groups in total. The summed E-state index contributed by atoms with van der Waals surface area (Å²) < 4.78 is 0.332. The summed E-state index contributed by atoms with van der Waals surface area (Å²) in [6.45, 7) is 0. The summed E-state index contributed by atoms with van der Waals surface area (Å²) in [7, 11) is 0. The number of aliphatic hydroxyl groups excluding tert-OH is 1. The van der Waals surface area contributed by atoms with Crippen molar-refractivity contribution in [2.24, 2.45) is 0 Å². The predicted molar refractivity (Wildman–Crippen MR) is 56.8 cm³/mol. The first kappa shape index (κ1) is 11.8. The summed E-state index contributed by atoms with van der Waals surface area (Å²) in [5.74, 6) is -1.36. The third-order valence-corrected chi connectivity index (χ3v) is 3.18. The summed E-state index contributed by atoms with van der Waals surface area (Å²) in [6.07, 6.45) is -1.64. The van der Waals surface area contributed by atoms with Crippen LogP contribution in [-0.4, -0.2) is 16.2 Å². The Morgan fingerprint density at radius 3 is 2.50 bits per heavy atom. The number of aliphatic carboxylic acids is 1. The van der Waals surface area contributed by atoms with Crippen molar-refractivity contribution in [3.05, 3.63) is 32.2 Å². The molecule has 0 fully saturated rings. The van der Waals surface area contributed by atoms with Crippen LogP contribution in [0.25, 0.3) is 0 Å². The summed E-state index contributed by atoms with van der Waals surface area (Å²) in [5.41, 5.74) is 0.134. The fourth-order valence-corrected chi connectivity index (χ4v) is 1.86. The molecule has 14 heavy (non-hydrogen) atoms. The zero-order valence-corrected chi connectivity index (χ0v) is 9.77. The molecule has 0 aromatic heterocycles. The topological polar surface area (TPSA) is 57.5 Å². The molecule has 0 aliphatic rings. The number of halogens is 3. The van der Waals surface area contributed by atoms with Crippen LogP contribution < -0.4 is 0 Å². The molecule has 1 unspecified atom stereocenters. The van der Waals surface area contributed by atoms with Crippen LogP contribution in [0.1, 0.15) is 11.7 Å². The van der Waals surface area contributed by atoms with E-state index < -0.39 is 12.1 Å². The number of hydrogen-bond acceptors (Lipinski definition) is 2. The minimum Gasteiger partial charge on any atom is -0.479 e. The van der Waals surface area contributed by atoms with Crippen LogP contribution in [0.2, 0.25) is 10.0 Å². The Kier molecular flexibility index (Phi) is 3.78. The number of rotatable bonds is 2. The van der Waals surface area contributed by atoms with Gasteiger partial charge in [-0.2, -0.15) is 0 Å². The largest absolute Gasteiger partial charge is 0.479 e. The number of carboxylic acid groups (broad SMARTS) is 1. The smallest absolute Gasteiger partial charge is 0.337 e. The lowest BCUT2D eigenvalue weighted by Gasteiger charge is -2.09. The maximum absolute atomic E-state index is 10.5. The molecule has 1 aromatic carbocycles. The first-order chi connectivity index (χ1) is 6.43. The second kappa shape index (κ2) is 4.49. The third kappa shape index (κ3) is 2.39. The van der Waals surface area contributed by atoms with E-state index in [0.29, 0.717) is 4.47 Å². The summed E-state index contributed by atoms with van der Waals surface area (Å²) in [6, 6.07) is 2.79. The first-order valence-electron chi connectivity index (χ1n) is 3.48. The standard InChI is InChI=1S/C8H5BrCl2O3/c9-6-4(7(12)8(13)14)1-3(10)2-5(6)11/h1-2,7,12H,(H,13,14). The molecular formula is C8H5BrCl2O3. The van der Waals surface area contributed by atoms with Crippen molar-refractivity contribution >= 4 is 45.1 Å². The van der Waals surface area contributed by atoms with Crippen LogP contribution in [0.15, 0.2) is 16.6 Å². The van der Waals surface area contributed by atoms with Crippen molar-refractivity contribution in [2.75, 3.05) is 0 Å². The van der Waals surface area contributed by atoms with E-state index in [4.69, 9.17) is 28.3 Å². The fourth-order valence-electron chi connectivity index (χ4n) is 0.908. The highest BCUT2D eigenvalue weighted by molar-refractivity contribution is 9.10. The van der Waals surface area contributed by atoms with Crippen LogP contribution in [0.5, 0.6) is 0 Å². The van der Waals surface area contributed by atoms with E-state index in [1.165, 1.54) is 12.1 Å². The average Bonchev–Trinajstić information content (AvgIpc) is 2.09. The summed E-state index contributed by atoms with van der Waals surface area (Å²) in [5, 5.41) is 18.4. The van der Waals surface area contributed by atoms with Gasteiger partial charge >= 0.3 is 5.97 Å². The fraction of sp³-hybridized carbons (Fsp3) is 0.125. The minimum atomic E-state index is -1.64. The lowest BCUT2D eigenvalue weighted by atomic mass is 10.1. The minimum absolute atomic E-state index is 0.134. The van der Waals surface area contributed by atoms with Crippen molar-refractivity contribution in [1.29, 1.82) is 0 Å². The van der Waals surface area contributed by atoms with Crippen LogP contribution in [0, 0.1) is 0 Å². The van der Waals surface area contributed by atoms with Gasteiger partial charge in [0, 0.05) is 15.1 Å². The highest BCUT2D eigenvalue weighted by atomic mass is 79.9. The van der Waals surface area contributed by atoms with Gasteiger partial charge < -0.3 is 10.2 Å². The molecule has 0 radical (unpaired) electrons. The normalized spacial score (nSPS) is 12.6. The van der Waals surface area contributed by atoms with E-state index in [-0.39, 0.29) is 15.6 Å². The molecule has 0 aliphatic carbocycles. The van der Waals surface area contributed by atoms with Crippen molar-refractivity contribution in [3.63, 3.8) is 0 Å². The van der Waals surface area contributed by atoms with E-state index in [9.17, 15) is 9.90 Å². The Bertz CT molecular complexity index is 381. The van der Waals surface area contributed by atoms with E-state index >= 15 is 0 Å². The van der Waals surface area contributed by atoms with Crippen LogP contribution in [0.4, 0.5) is 0 Å². The van der Waals surface area contributed by atoms with Gasteiger partial charge in [-0.3, -0.25) is 0 Å². The quantitative estimate of drug-likeness (QED) is 0.826. The van der Waals surface area contributed by atoms with E-state index in [0.717, 1.165) is 0 Å². The lowest BCUT2D eigenvalue weighted by Crippen LogP contribution is -2.11. The third-order valence-electron chi connectivity index (χ3n) is 1.55. The van der Waals surface area contributed by atoms with Gasteiger partial charge in [0.1, 0.15) is 0 Å². The van der Waals surface area contributed by atoms with E-state index in [1.807, 2.05) is 0 Å². The summed E-state index contributed by atoms with van der Waals surface area (Å²) in [4.78, 5) is 10.5. The zero-order chi connectivity index (χ0) is 10.9. The molecule has 0 bridgehead atoms. The van der Waals surface area contributed by atoms with Gasteiger partial charge in [-0.25, -0.2) is 4.79 Å². The molecule has 0 spiro atoms. The van der Waals surface area contributed by atoms with Crippen molar-refractivity contribution in [1.82, 2.24) is 0 Å². The number of carboxylic acids is 1. The van der Waals surface area contributed by atoms with Crippen molar-refractivity contribution in [2.45, 2.75) is 6.10 Å². The van der Waals surface area contributed by atoms with Crippen molar-refractivity contribution in [3.8, 4) is 0 Å². The van der Waals surface area contributed by atoms with Gasteiger partial charge in [-0.1, -0.05) is 23.2 Å². The second-order valence-electron chi connectivity index (χ2n) is 2.53. The van der Waals surface area contributed by atoms with Gasteiger partial charge in [0.25, 0.3) is 0 Å². The molecule has 0 saturated heterocycles. The van der Waals surface area contributed by atoms with Gasteiger partial charge in [0.15, 0.2) is 6.10 Å². The molecule has 1 rings (SSSR count). The number of benzene rings is 1. The number of hydrogen-bond donors (Lipinski definition) is 2. The molecule has 3 nitrogen and oxygen atoms in total. The molecule has 0 saturated carbocycles. The van der Waals surface area contributed by atoms with Crippen molar-refractivity contribution < 1.29 is 15.0 Å². The SMILES string of the molecule is O=C(O)C(O)c1cc(Cl)cc(Cl)c1Br. The van der Waals surface area contributed by atoms with Gasteiger partial charge in [-0.15, -0.1) is 0 Å². The predicted octanol–water partition coefficient (Wildman–Crippen LogP) is 2.87. The van der Waals surface area contributed by atoms with E-state index in [2.05, 4.69) is 15.9 Å². The molecule has 76 valence electrons. The molecular weight excluding hydrogens is 295 g/mol. The van der Waals surface area contributed by atoms with Crippen LogP contribution >= 0.6 is 39.1 Å². The van der Waals surface area contributed by atoms with Crippen LogP contribution in [-0.2, 0) is 4.79 Å². The lowest BCUT2D eigenvalue weighted by molar-refractivity contribution is -0.147. The Morgan fingerprint density at radius 2 is 2.00 bits per heavy atom. The highest BCUT2D eigenvalue weighted by Gasteiger charge is 2.20.